The topological polar surface area (TPSA) is 84.0 Å². The fraction of sp³-hybridized carbons (Fsp3) is 0.286. The number of carbonyl (C=O) groups excluding carboxylic acids is 2. The van der Waals surface area contributed by atoms with Crippen LogP contribution >= 0.6 is 11.3 Å². The number of carbonyl (C=O) groups is 2. The number of benzene rings is 1. The summed E-state index contributed by atoms with van der Waals surface area (Å²) in [6.07, 6.45) is 1.90. The summed E-state index contributed by atoms with van der Waals surface area (Å²) in [5, 5.41) is 14.8. The van der Waals surface area contributed by atoms with Gasteiger partial charge < -0.3 is 5.32 Å². The smallest absolute Gasteiger partial charge is 0.257 e. The van der Waals surface area contributed by atoms with E-state index in [1.54, 1.807) is 12.1 Å². The Morgan fingerprint density at radius 1 is 1.38 bits per heavy atom. The van der Waals surface area contributed by atoms with Crippen molar-refractivity contribution in [2.24, 2.45) is 0 Å². The van der Waals surface area contributed by atoms with Crippen LogP contribution in [-0.4, -0.2) is 22.0 Å². The summed E-state index contributed by atoms with van der Waals surface area (Å²) in [6, 6.07) is 5.27. The number of amides is 2. The maximum atomic E-state index is 12.2. The Balaban J connectivity index is 1.77. The number of nitrogens with one attached hydrogen (secondary N) is 2. The molecule has 108 valence electrons. The number of aromatic nitrogens is 2. The Kier molecular flexibility index (Phi) is 3.66. The summed E-state index contributed by atoms with van der Waals surface area (Å²) in [6.45, 7) is 1.99. The minimum absolute atomic E-state index is 0.0145. The molecule has 0 atom stereocenters. The lowest BCUT2D eigenvalue weighted by Crippen LogP contribution is -2.20. The van der Waals surface area contributed by atoms with Gasteiger partial charge in [-0.15, -0.1) is 10.2 Å². The summed E-state index contributed by atoms with van der Waals surface area (Å²) in [5.41, 5.74) is 2.32. The third-order valence-electron chi connectivity index (χ3n) is 3.25. The molecule has 0 saturated heterocycles. The van der Waals surface area contributed by atoms with Gasteiger partial charge in [-0.3, -0.25) is 14.9 Å². The third-order valence-corrected chi connectivity index (χ3v) is 4.24. The van der Waals surface area contributed by atoms with Crippen molar-refractivity contribution in [1.82, 2.24) is 10.2 Å². The van der Waals surface area contributed by atoms with E-state index < -0.39 is 0 Å². The van der Waals surface area contributed by atoms with Gasteiger partial charge in [-0.2, -0.15) is 0 Å². The first-order valence-corrected chi connectivity index (χ1v) is 7.54. The van der Waals surface area contributed by atoms with Crippen LogP contribution in [0, 0.1) is 0 Å². The SMILES string of the molecule is CCc1nnc(NC(=O)c2ccc3c(c2)CCC(=O)N3)s1. The number of anilines is 2. The van der Waals surface area contributed by atoms with Gasteiger partial charge in [0, 0.05) is 17.7 Å². The molecule has 0 saturated carbocycles. The first-order valence-electron chi connectivity index (χ1n) is 6.72. The van der Waals surface area contributed by atoms with E-state index >= 15 is 0 Å². The normalized spacial score (nSPS) is 13.5. The standard InChI is InChI=1S/C14H14N4O2S/c1-2-12-17-18-14(21-12)16-13(20)9-3-5-10-8(7-9)4-6-11(19)15-10/h3,5,7H,2,4,6H2,1H3,(H,15,19)(H,16,18,20). The molecule has 21 heavy (non-hydrogen) atoms. The molecule has 6 nitrogen and oxygen atoms in total. The first kappa shape index (κ1) is 13.7. The predicted molar refractivity (Wildman–Crippen MR) is 80.6 cm³/mol. The molecule has 2 heterocycles. The van der Waals surface area contributed by atoms with E-state index in [2.05, 4.69) is 20.8 Å². The van der Waals surface area contributed by atoms with Crippen LogP contribution in [0.1, 0.15) is 34.3 Å². The second-order valence-corrected chi connectivity index (χ2v) is 5.79. The number of hydrogen-bond donors (Lipinski definition) is 2. The van der Waals surface area contributed by atoms with E-state index in [0.29, 0.717) is 23.5 Å². The highest BCUT2D eigenvalue weighted by Gasteiger charge is 2.17. The van der Waals surface area contributed by atoms with Gasteiger partial charge >= 0.3 is 0 Å². The van der Waals surface area contributed by atoms with Crippen molar-refractivity contribution in [3.05, 3.63) is 34.3 Å². The van der Waals surface area contributed by atoms with E-state index in [-0.39, 0.29) is 11.8 Å². The van der Waals surface area contributed by atoms with Gasteiger partial charge in [0.05, 0.1) is 0 Å². The minimum atomic E-state index is -0.214. The molecular weight excluding hydrogens is 288 g/mol. The van der Waals surface area contributed by atoms with Gasteiger partial charge in [0.25, 0.3) is 5.91 Å². The van der Waals surface area contributed by atoms with E-state index in [1.165, 1.54) is 11.3 Å². The zero-order valence-electron chi connectivity index (χ0n) is 11.5. The summed E-state index contributed by atoms with van der Waals surface area (Å²) >= 11 is 1.37. The van der Waals surface area contributed by atoms with Crippen molar-refractivity contribution >= 4 is 34.0 Å². The number of fused-ring (bicyclic) bond motifs is 1. The van der Waals surface area contributed by atoms with Crippen molar-refractivity contribution in [1.29, 1.82) is 0 Å². The molecule has 0 radical (unpaired) electrons. The average molecular weight is 302 g/mol. The van der Waals surface area contributed by atoms with Crippen LogP contribution in [0.5, 0.6) is 0 Å². The van der Waals surface area contributed by atoms with E-state index in [0.717, 1.165) is 22.7 Å². The number of rotatable bonds is 3. The lowest BCUT2D eigenvalue weighted by Gasteiger charge is -2.17. The van der Waals surface area contributed by atoms with Crippen molar-refractivity contribution in [2.45, 2.75) is 26.2 Å². The minimum Gasteiger partial charge on any atom is -0.326 e. The quantitative estimate of drug-likeness (QED) is 0.910. The van der Waals surface area contributed by atoms with Crippen LogP contribution in [0.4, 0.5) is 10.8 Å². The Bertz CT molecular complexity index is 711. The molecule has 3 rings (SSSR count). The molecule has 1 aromatic heterocycles. The molecule has 0 aliphatic carbocycles. The second kappa shape index (κ2) is 5.61. The lowest BCUT2D eigenvalue weighted by molar-refractivity contribution is -0.116. The highest BCUT2D eigenvalue weighted by Crippen LogP contribution is 2.24. The molecule has 2 amide bonds. The van der Waals surface area contributed by atoms with Crippen molar-refractivity contribution in [3.8, 4) is 0 Å². The maximum Gasteiger partial charge on any atom is 0.257 e. The molecule has 2 aromatic rings. The molecule has 2 N–H and O–H groups in total. The molecule has 0 fully saturated rings. The molecule has 1 aliphatic rings. The first-order chi connectivity index (χ1) is 10.2. The lowest BCUT2D eigenvalue weighted by atomic mass is 10.0. The van der Waals surface area contributed by atoms with Crippen LogP contribution in [-0.2, 0) is 17.6 Å². The molecule has 7 heteroatoms. The number of nitrogens with zero attached hydrogens (tertiary/aromatic N) is 2. The fourth-order valence-corrected chi connectivity index (χ4v) is 2.82. The number of hydrogen-bond acceptors (Lipinski definition) is 5. The van der Waals surface area contributed by atoms with Gasteiger partial charge in [-0.05, 0) is 36.6 Å². The maximum absolute atomic E-state index is 12.2. The summed E-state index contributed by atoms with van der Waals surface area (Å²) in [7, 11) is 0. The molecule has 0 bridgehead atoms. The average Bonchev–Trinajstić information content (AvgIpc) is 2.94. The van der Waals surface area contributed by atoms with Crippen molar-refractivity contribution in [3.63, 3.8) is 0 Å². The zero-order chi connectivity index (χ0) is 14.8. The number of aryl methyl sites for hydroxylation is 2. The van der Waals surface area contributed by atoms with E-state index in [1.807, 2.05) is 13.0 Å². The highest BCUT2D eigenvalue weighted by molar-refractivity contribution is 7.15. The van der Waals surface area contributed by atoms with Crippen LogP contribution in [0.25, 0.3) is 0 Å². The van der Waals surface area contributed by atoms with Gasteiger partial charge in [0.15, 0.2) is 0 Å². The molecular formula is C14H14N4O2S. The van der Waals surface area contributed by atoms with Crippen LogP contribution < -0.4 is 10.6 Å². The van der Waals surface area contributed by atoms with Gasteiger partial charge in [0.1, 0.15) is 5.01 Å². The van der Waals surface area contributed by atoms with Crippen LogP contribution in [0.3, 0.4) is 0 Å². The molecule has 1 aromatic carbocycles. The van der Waals surface area contributed by atoms with E-state index in [4.69, 9.17) is 0 Å². The molecule has 0 spiro atoms. The largest absolute Gasteiger partial charge is 0.326 e. The summed E-state index contributed by atoms with van der Waals surface area (Å²) < 4.78 is 0. The Hall–Kier alpha value is -2.28. The van der Waals surface area contributed by atoms with Crippen LogP contribution in [0.2, 0.25) is 0 Å². The van der Waals surface area contributed by atoms with Gasteiger partial charge in [0.2, 0.25) is 11.0 Å². The second-order valence-electron chi connectivity index (χ2n) is 4.73. The third kappa shape index (κ3) is 2.92. The monoisotopic (exact) mass is 302 g/mol. The van der Waals surface area contributed by atoms with E-state index in [9.17, 15) is 9.59 Å². The Labute approximate surface area is 125 Å². The van der Waals surface area contributed by atoms with Gasteiger partial charge in [-0.1, -0.05) is 18.3 Å². The molecule has 1 aliphatic heterocycles. The zero-order valence-corrected chi connectivity index (χ0v) is 12.3. The summed E-state index contributed by atoms with van der Waals surface area (Å²) in [5.74, 6) is -0.200. The predicted octanol–water partition coefficient (Wildman–Crippen LogP) is 2.24. The van der Waals surface area contributed by atoms with Crippen molar-refractivity contribution in [2.75, 3.05) is 10.6 Å². The summed E-state index contributed by atoms with van der Waals surface area (Å²) in [4.78, 5) is 23.5. The Morgan fingerprint density at radius 2 is 2.24 bits per heavy atom. The Morgan fingerprint density at radius 3 is 3.00 bits per heavy atom. The van der Waals surface area contributed by atoms with Crippen molar-refractivity contribution < 1.29 is 9.59 Å². The van der Waals surface area contributed by atoms with Crippen LogP contribution in [0.15, 0.2) is 18.2 Å². The fourth-order valence-electron chi connectivity index (χ4n) is 2.14. The highest BCUT2D eigenvalue weighted by atomic mass is 32.1. The van der Waals surface area contributed by atoms with Gasteiger partial charge in [-0.25, -0.2) is 0 Å². The molecule has 0 unspecified atom stereocenters.